The highest BCUT2D eigenvalue weighted by atomic mass is 16.2. The van der Waals surface area contributed by atoms with Gasteiger partial charge in [-0.1, -0.05) is 41.5 Å². The highest BCUT2D eigenvalue weighted by molar-refractivity contribution is 6.07. The van der Waals surface area contributed by atoms with Gasteiger partial charge in [-0.25, -0.2) is 4.68 Å². The summed E-state index contributed by atoms with van der Waals surface area (Å²) in [7, 11) is 1.77. The first kappa shape index (κ1) is 22.8. The van der Waals surface area contributed by atoms with Crippen molar-refractivity contribution in [3.8, 4) is 5.69 Å². The van der Waals surface area contributed by atoms with Gasteiger partial charge in [0.2, 0.25) is 0 Å². The summed E-state index contributed by atoms with van der Waals surface area (Å²) < 4.78 is 3.21. The van der Waals surface area contributed by atoms with Crippen molar-refractivity contribution in [3.05, 3.63) is 111 Å². The van der Waals surface area contributed by atoms with E-state index in [1.807, 2.05) is 62.4 Å². The van der Waals surface area contributed by atoms with Crippen LogP contribution in [0.3, 0.4) is 0 Å². The number of amides is 2. The van der Waals surface area contributed by atoms with Crippen molar-refractivity contribution in [1.82, 2.24) is 9.36 Å². The molecule has 172 valence electrons. The van der Waals surface area contributed by atoms with E-state index < -0.39 is 5.91 Å². The minimum Gasteiger partial charge on any atom is -0.322 e. The fraction of sp³-hybridized carbons (Fsp3) is 0.148. The largest absolute Gasteiger partial charge is 0.322 e. The molecule has 0 spiro atoms. The zero-order valence-corrected chi connectivity index (χ0v) is 19.5. The number of carbonyl (C=O) groups is 2. The van der Waals surface area contributed by atoms with E-state index >= 15 is 0 Å². The summed E-state index contributed by atoms with van der Waals surface area (Å²) >= 11 is 0. The molecular weight excluding hydrogens is 428 g/mol. The minimum atomic E-state index is -0.437. The number of aromatic nitrogens is 2. The van der Waals surface area contributed by atoms with Crippen LogP contribution in [0.2, 0.25) is 0 Å². The quantitative estimate of drug-likeness (QED) is 0.462. The molecule has 4 aromatic rings. The molecule has 0 bridgehead atoms. The first-order chi connectivity index (χ1) is 16.2. The van der Waals surface area contributed by atoms with E-state index in [-0.39, 0.29) is 17.2 Å². The van der Waals surface area contributed by atoms with Gasteiger partial charge in [0.15, 0.2) is 0 Å². The predicted octanol–water partition coefficient (Wildman–Crippen LogP) is 4.61. The number of rotatable bonds is 5. The van der Waals surface area contributed by atoms with Gasteiger partial charge in [-0.3, -0.25) is 19.1 Å². The lowest BCUT2D eigenvalue weighted by Gasteiger charge is -2.09. The molecule has 1 aromatic heterocycles. The first-order valence-electron chi connectivity index (χ1n) is 10.9. The number of benzene rings is 3. The highest BCUT2D eigenvalue weighted by Crippen LogP contribution is 2.18. The van der Waals surface area contributed by atoms with Crippen LogP contribution < -0.4 is 16.2 Å². The number of carbonyl (C=O) groups excluding carboxylic acids is 2. The molecular formula is C27H26N4O3. The Labute approximate surface area is 197 Å². The molecule has 0 saturated carbocycles. The predicted molar refractivity (Wildman–Crippen MR) is 134 cm³/mol. The molecule has 7 nitrogen and oxygen atoms in total. The summed E-state index contributed by atoms with van der Waals surface area (Å²) in [5.41, 5.74) is 4.58. The van der Waals surface area contributed by atoms with Crippen molar-refractivity contribution >= 4 is 23.2 Å². The number of aryl methyl sites for hydroxylation is 2. The lowest BCUT2D eigenvalue weighted by Crippen LogP contribution is -2.23. The van der Waals surface area contributed by atoms with Crippen molar-refractivity contribution < 1.29 is 9.59 Å². The average molecular weight is 455 g/mol. The smallest absolute Gasteiger partial charge is 0.295 e. The van der Waals surface area contributed by atoms with Crippen LogP contribution in [0.15, 0.2) is 77.6 Å². The number of hydrogen-bond donors (Lipinski definition) is 2. The van der Waals surface area contributed by atoms with Crippen LogP contribution in [-0.2, 0) is 7.05 Å². The Morgan fingerprint density at radius 2 is 1.38 bits per heavy atom. The second-order valence-corrected chi connectivity index (χ2v) is 8.30. The van der Waals surface area contributed by atoms with Crippen LogP contribution in [-0.4, -0.2) is 21.2 Å². The summed E-state index contributed by atoms with van der Waals surface area (Å²) in [6.07, 6.45) is 0. The SMILES string of the molecule is Cc1cc(C)cc(C(=O)Nc2cccc(C(=O)Nc3c(C)n(C)n(-c4ccccc4)c3=O)c2)c1. The van der Waals surface area contributed by atoms with Gasteiger partial charge in [-0.15, -0.1) is 0 Å². The van der Waals surface area contributed by atoms with E-state index in [2.05, 4.69) is 10.6 Å². The number of nitrogens with zero attached hydrogens (tertiary/aromatic N) is 2. The molecule has 0 atom stereocenters. The number of para-hydroxylation sites is 1. The molecule has 0 unspecified atom stereocenters. The van der Waals surface area contributed by atoms with E-state index in [0.29, 0.717) is 28.2 Å². The van der Waals surface area contributed by atoms with Crippen LogP contribution in [0.1, 0.15) is 37.5 Å². The fourth-order valence-electron chi connectivity index (χ4n) is 3.95. The van der Waals surface area contributed by atoms with Gasteiger partial charge in [0, 0.05) is 23.9 Å². The van der Waals surface area contributed by atoms with Crippen LogP contribution in [0, 0.1) is 20.8 Å². The van der Waals surface area contributed by atoms with Crippen molar-refractivity contribution in [1.29, 1.82) is 0 Å². The number of nitrogens with one attached hydrogen (secondary N) is 2. The molecule has 34 heavy (non-hydrogen) atoms. The third kappa shape index (κ3) is 4.54. The Kier molecular flexibility index (Phi) is 6.19. The van der Waals surface area contributed by atoms with E-state index in [9.17, 15) is 14.4 Å². The topological polar surface area (TPSA) is 85.1 Å². The van der Waals surface area contributed by atoms with E-state index in [1.165, 1.54) is 4.68 Å². The fourth-order valence-corrected chi connectivity index (χ4v) is 3.95. The summed E-state index contributed by atoms with van der Waals surface area (Å²) in [5.74, 6) is -0.692. The molecule has 0 aliphatic heterocycles. The average Bonchev–Trinajstić information content (AvgIpc) is 3.02. The molecule has 7 heteroatoms. The van der Waals surface area contributed by atoms with E-state index in [0.717, 1.165) is 11.1 Å². The van der Waals surface area contributed by atoms with Gasteiger partial charge in [0.1, 0.15) is 5.69 Å². The Balaban J connectivity index is 1.57. The van der Waals surface area contributed by atoms with Gasteiger partial charge >= 0.3 is 0 Å². The Morgan fingerprint density at radius 3 is 2.06 bits per heavy atom. The molecule has 0 saturated heterocycles. The number of anilines is 2. The summed E-state index contributed by atoms with van der Waals surface area (Å²) in [4.78, 5) is 38.8. The van der Waals surface area contributed by atoms with Gasteiger partial charge in [0.25, 0.3) is 17.4 Å². The maximum atomic E-state index is 13.1. The van der Waals surface area contributed by atoms with Gasteiger partial charge in [-0.05, 0) is 63.2 Å². The zero-order valence-electron chi connectivity index (χ0n) is 19.5. The summed E-state index contributed by atoms with van der Waals surface area (Å²) in [5, 5.41) is 5.59. The molecule has 3 aromatic carbocycles. The standard InChI is InChI=1S/C27H26N4O3/c1-17-13-18(2)15-21(14-17)26(33)28-22-10-8-9-20(16-22)25(32)29-24-19(3)30(4)31(27(24)34)23-11-6-5-7-12-23/h5-16H,1-4H3,(H,28,33)(H,29,32). The molecule has 0 aliphatic rings. The normalized spacial score (nSPS) is 10.7. The van der Waals surface area contributed by atoms with E-state index in [4.69, 9.17) is 0 Å². The van der Waals surface area contributed by atoms with Crippen molar-refractivity contribution in [2.24, 2.45) is 7.05 Å². The third-order valence-corrected chi connectivity index (χ3v) is 5.66. The molecule has 0 radical (unpaired) electrons. The van der Waals surface area contributed by atoms with Crippen LogP contribution in [0.5, 0.6) is 0 Å². The summed E-state index contributed by atoms with van der Waals surface area (Å²) in [6.45, 7) is 5.65. The van der Waals surface area contributed by atoms with Gasteiger partial charge < -0.3 is 10.6 Å². The number of hydrogen-bond acceptors (Lipinski definition) is 3. The molecule has 4 rings (SSSR count). The zero-order chi connectivity index (χ0) is 24.4. The molecule has 2 N–H and O–H groups in total. The summed E-state index contributed by atoms with van der Waals surface area (Å²) in [6, 6.07) is 21.5. The lowest BCUT2D eigenvalue weighted by molar-refractivity contribution is 0.101. The van der Waals surface area contributed by atoms with Gasteiger partial charge in [0.05, 0.1) is 11.4 Å². The third-order valence-electron chi connectivity index (χ3n) is 5.66. The van der Waals surface area contributed by atoms with Crippen LogP contribution >= 0.6 is 0 Å². The highest BCUT2D eigenvalue weighted by Gasteiger charge is 2.19. The molecule has 1 heterocycles. The molecule has 2 amide bonds. The monoisotopic (exact) mass is 454 g/mol. The Bertz CT molecular complexity index is 1430. The van der Waals surface area contributed by atoms with Crippen LogP contribution in [0.25, 0.3) is 5.69 Å². The van der Waals surface area contributed by atoms with E-state index in [1.54, 1.807) is 42.9 Å². The molecule has 0 aliphatic carbocycles. The maximum absolute atomic E-state index is 13.1. The second-order valence-electron chi connectivity index (χ2n) is 8.30. The van der Waals surface area contributed by atoms with Gasteiger partial charge in [-0.2, -0.15) is 0 Å². The second kappa shape index (κ2) is 9.23. The van der Waals surface area contributed by atoms with Crippen molar-refractivity contribution in [2.75, 3.05) is 10.6 Å². The Hall–Kier alpha value is -4.39. The lowest BCUT2D eigenvalue weighted by atomic mass is 10.1. The Morgan fingerprint density at radius 1 is 0.735 bits per heavy atom. The maximum Gasteiger partial charge on any atom is 0.295 e. The van der Waals surface area contributed by atoms with Crippen molar-refractivity contribution in [3.63, 3.8) is 0 Å². The van der Waals surface area contributed by atoms with Crippen LogP contribution in [0.4, 0.5) is 11.4 Å². The molecule has 0 fully saturated rings. The van der Waals surface area contributed by atoms with Crippen molar-refractivity contribution in [2.45, 2.75) is 20.8 Å². The minimum absolute atomic E-state index is 0.209. The first-order valence-corrected chi connectivity index (χ1v) is 10.9.